The average molecular weight is 269 g/mol. The molecule has 1 aliphatic rings. The van der Waals surface area contributed by atoms with Crippen molar-refractivity contribution in [3.63, 3.8) is 0 Å². The molecule has 0 aromatic carbocycles. The minimum atomic E-state index is -0.194. The number of hydrogen-bond acceptors (Lipinski definition) is 4. The summed E-state index contributed by atoms with van der Waals surface area (Å²) >= 11 is 5.71. The molecule has 0 spiro atoms. The lowest BCUT2D eigenvalue weighted by Gasteiger charge is -2.31. The van der Waals surface area contributed by atoms with Crippen molar-refractivity contribution in [2.45, 2.75) is 25.8 Å². The SMILES string of the molecule is CCN1CCC(NC(=O)c2cncc(Cl)n2)CC1. The molecule has 0 aliphatic carbocycles. The summed E-state index contributed by atoms with van der Waals surface area (Å²) in [6.07, 6.45) is 4.81. The Hall–Kier alpha value is -1.20. The number of halogens is 1. The smallest absolute Gasteiger partial charge is 0.271 e. The average Bonchev–Trinajstić information content (AvgIpc) is 2.39. The highest BCUT2D eigenvalue weighted by atomic mass is 35.5. The Labute approximate surface area is 112 Å². The van der Waals surface area contributed by atoms with Gasteiger partial charge in [0, 0.05) is 19.1 Å². The van der Waals surface area contributed by atoms with Crippen molar-refractivity contribution >= 4 is 17.5 Å². The van der Waals surface area contributed by atoms with Gasteiger partial charge in [0.1, 0.15) is 10.8 Å². The van der Waals surface area contributed by atoms with Crippen LogP contribution in [0.3, 0.4) is 0 Å². The zero-order valence-corrected chi connectivity index (χ0v) is 11.2. The van der Waals surface area contributed by atoms with Crippen LogP contribution in [0.15, 0.2) is 12.4 Å². The minimum absolute atomic E-state index is 0.194. The molecule has 2 heterocycles. The van der Waals surface area contributed by atoms with Crippen LogP contribution >= 0.6 is 11.6 Å². The zero-order chi connectivity index (χ0) is 13.0. The van der Waals surface area contributed by atoms with Crippen molar-refractivity contribution in [1.29, 1.82) is 0 Å². The van der Waals surface area contributed by atoms with Crippen molar-refractivity contribution < 1.29 is 4.79 Å². The standard InChI is InChI=1S/C12H17ClN4O/c1-2-17-5-3-9(4-6-17)15-12(18)10-7-14-8-11(13)16-10/h7-9H,2-6H2,1H3,(H,15,18). The zero-order valence-electron chi connectivity index (χ0n) is 10.4. The maximum absolute atomic E-state index is 11.9. The van der Waals surface area contributed by atoms with E-state index in [0.29, 0.717) is 0 Å². The summed E-state index contributed by atoms with van der Waals surface area (Å²) in [6.45, 7) is 5.28. The van der Waals surface area contributed by atoms with Gasteiger partial charge in [-0.05, 0) is 19.4 Å². The molecule has 6 heteroatoms. The van der Waals surface area contributed by atoms with E-state index in [1.165, 1.54) is 12.4 Å². The Bertz CT molecular complexity index is 418. The van der Waals surface area contributed by atoms with Gasteiger partial charge in [0.25, 0.3) is 5.91 Å². The van der Waals surface area contributed by atoms with E-state index in [2.05, 4.69) is 27.1 Å². The van der Waals surface area contributed by atoms with E-state index in [1.807, 2.05) is 0 Å². The molecule has 1 aromatic heterocycles. The lowest BCUT2D eigenvalue weighted by molar-refractivity contribution is 0.0907. The summed E-state index contributed by atoms with van der Waals surface area (Å²) < 4.78 is 0. The number of amides is 1. The molecule has 1 aromatic rings. The number of rotatable bonds is 3. The molecule has 0 unspecified atom stereocenters. The quantitative estimate of drug-likeness (QED) is 0.899. The van der Waals surface area contributed by atoms with Crippen LogP contribution in [0.25, 0.3) is 0 Å². The van der Waals surface area contributed by atoms with Gasteiger partial charge in [-0.3, -0.25) is 9.78 Å². The lowest BCUT2D eigenvalue weighted by atomic mass is 10.1. The monoisotopic (exact) mass is 268 g/mol. The second-order valence-electron chi connectivity index (χ2n) is 4.41. The Morgan fingerprint density at radius 2 is 2.22 bits per heavy atom. The molecule has 0 atom stereocenters. The molecule has 1 saturated heterocycles. The lowest BCUT2D eigenvalue weighted by Crippen LogP contribution is -2.44. The van der Waals surface area contributed by atoms with Crippen molar-refractivity contribution in [1.82, 2.24) is 20.2 Å². The first-order chi connectivity index (χ1) is 8.69. The number of likely N-dealkylation sites (tertiary alicyclic amines) is 1. The summed E-state index contributed by atoms with van der Waals surface area (Å²) in [5.74, 6) is -0.194. The Morgan fingerprint density at radius 3 is 2.83 bits per heavy atom. The van der Waals surface area contributed by atoms with Crippen LogP contribution < -0.4 is 5.32 Å². The molecule has 0 bridgehead atoms. The van der Waals surface area contributed by atoms with E-state index in [4.69, 9.17) is 11.6 Å². The summed E-state index contributed by atoms with van der Waals surface area (Å²) in [6, 6.07) is 0.223. The predicted molar refractivity (Wildman–Crippen MR) is 69.6 cm³/mol. The van der Waals surface area contributed by atoms with Gasteiger partial charge in [0.15, 0.2) is 0 Å². The van der Waals surface area contributed by atoms with E-state index in [9.17, 15) is 4.79 Å². The van der Waals surface area contributed by atoms with Gasteiger partial charge in [-0.15, -0.1) is 0 Å². The second-order valence-corrected chi connectivity index (χ2v) is 4.80. The molecular formula is C12H17ClN4O. The molecule has 1 aliphatic heterocycles. The summed E-state index contributed by atoms with van der Waals surface area (Å²) in [5.41, 5.74) is 0.278. The van der Waals surface area contributed by atoms with Crippen molar-refractivity contribution in [3.05, 3.63) is 23.2 Å². The van der Waals surface area contributed by atoms with Gasteiger partial charge in [-0.1, -0.05) is 18.5 Å². The summed E-state index contributed by atoms with van der Waals surface area (Å²) in [5, 5.41) is 3.22. The molecule has 0 radical (unpaired) electrons. The largest absolute Gasteiger partial charge is 0.348 e. The number of piperidine rings is 1. The number of hydrogen-bond donors (Lipinski definition) is 1. The van der Waals surface area contributed by atoms with E-state index in [1.54, 1.807) is 0 Å². The van der Waals surface area contributed by atoms with Crippen LogP contribution in [-0.2, 0) is 0 Å². The normalized spacial score (nSPS) is 17.7. The topological polar surface area (TPSA) is 58.1 Å². The third kappa shape index (κ3) is 3.40. The fourth-order valence-corrected chi connectivity index (χ4v) is 2.25. The number of nitrogens with zero attached hydrogens (tertiary/aromatic N) is 3. The molecule has 1 N–H and O–H groups in total. The summed E-state index contributed by atoms with van der Waals surface area (Å²) in [7, 11) is 0. The fourth-order valence-electron chi connectivity index (χ4n) is 2.10. The Morgan fingerprint density at radius 1 is 1.50 bits per heavy atom. The molecule has 18 heavy (non-hydrogen) atoms. The van der Waals surface area contributed by atoms with Gasteiger partial charge >= 0.3 is 0 Å². The molecule has 0 saturated carbocycles. The minimum Gasteiger partial charge on any atom is -0.348 e. The van der Waals surface area contributed by atoms with Crippen molar-refractivity contribution in [2.24, 2.45) is 0 Å². The number of nitrogens with one attached hydrogen (secondary N) is 1. The number of aromatic nitrogens is 2. The van der Waals surface area contributed by atoms with E-state index >= 15 is 0 Å². The highest BCUT2D eigenvalue weighted by Gasteiger charge is 2.20. The Kier molecular flexibility index (Phi) is 4.49. The highest BCUT2D eigenvalue weighted by molar-refractivity contribution is 6.29. The number of carbonyl (C=O) groups is 1. The Balaban J connectivity index is 1.89. The van der Waals surface area contributed by atoms with Crippen LogP contribution in [0, 0.1) is 0 Å². The fraction of sp³-hybridized carbons (Fsp3) is 0.583. The third-order valence-electron chi connectivity index (χ3n) is 3.21. The van der Waals surface area contributed by atoms with Gasteiger partial charge in [-0.25, -0.2) is 4.98 Å². The van der Waals surface area contributed by atoms with Crippen LogP contribution in [-0.4, -0.2) is 46.5 Å². The maximum atomic E-state index is 11.9. The summed E-state index contributed by atoms with van der Waals surface area (Å²) in [4.78, 5) is 22.1. The maximum Gasteiger partial charge on any atom is 0.271 e. The van der Waals surface area contributed by atoms with E-state index < -0.39 is 0 Å². The molecule has 1 fully saturated rings. The first-order valence-corrected chi connectivity index (χ1v) is 6.57. The van der Waals surface area contributed by atoms with Gasteiger partial charge in [0.2, 0.25) is 0 Å². The van der Waals surface area contributed by atoms with Gasteiger partial charge < -0.3 is 10.2 Å². The molecule has 1 amide bonds. The van der Waals surface area contributed by atoms with Gasteiger partial charge in [0.05, 0.1) is 12.4 Å². The third-order valence-corrected chi connectivity index (χ3v) is 3.39. The van der Waals surface area contributed by atoms with E-state index in [-0.39, 0.29) is 22.8 Å². The van der Waals surface area contributed by atoms with Crippen LogP contribution in [0.1, 0.15) is 30.3 Å². The molecule has 98 valence electrons. The second kappa shape index (κ2) is 6.11. The highest BCUT2D eigenvalue weighted by Crippen LogP contribution is 2.10. The first-order valence-electron chi connectivity index (χ1n) is 6.20. The van der Waals surface area contributed by atoms with Crippen molar-refractivity contribution in [2.75, 3.05) is 19.6 Å². The van der Waals surface area contributed by atoms with Crippen LogP contribution in [0.2, 0.25) is 5.15 Å². The number of carbonyl (C=O) groups excluding carboxylic acids is 1. The van der Waals surface area contributed by atoms with E-state index in [0.717, 1.165) is 32.5 Å². The molecule has 2 rings (SSSR count). The predicted octanol–water partition coefficient (Wildman–Crippen LogP) is 1.34. The molecule has 5 nitrogen and oxygen atoms in total. The van der Waals surface area contributed by atoms with Crippen LogP contribution in [0.4, 0.5) is 0 Å². The first kappa shape index (κ1) is 13.2. The molecular weight excluding hydrogens is 252 g/mol. The van der Waals surface area contributed by atoms with Gasteiger partial charge in [-0.2, -0.15) is 0 Å². The van der Waals surface area contributed by atoms with Crippen LogP contribution in [0.5, 0.6) is 0 Å². The van der Waals surface area contributed by atoms with Crippen molar-refractivity contribution in [3.8, 4) is 0 Å².